The van der Waals surface area contributed by atoms with Crippen LogP contribution in [0.3, 0.4) is 0 Å². The lowest BCUT2D eigenvalue weighted by molar-refractivity contribution is -0.158. The van der Waals surface area contributed by atoms with Gasteiger partial charge in [0.1, 0.15) is 5.76 Å². The van der Waals surface area contributed by atoms with E-state index < -0.39 is 11.5 Å². The number of aliphatic hydroxyl groups excluding tert-OH is 1. The van der Waals surface area contributed by atoms with Gasteiger partial charge in [0.2, 0.25) is 0 Å². The normalized spacial score (nSPS) is 42.4. The van der Waals surface area contributed by atoms with Gasteiger partial charge in [-0.2, -0.15) is 0 Å². The Hall–Kier alpha value is -1.09. The number of hydrogen-bond acceptors (Lipinski definition) is 3. The summed E-state index contributed by atoms with van der Waals surface area (Å²) in [5, 5.41) is 10.9. The van der Waals surface area contributed by atoms with Gasteiger partial charge in [0.05, 0.1) is 12.0 Å². The van der Waals surface area contributed by atoms with E-state index in [1.165, 1.54) is 31.3 Å². The summed E-state index contributed by atoms with van der Waals surface area (Å²) in [6.45, 7) is 11.6. The lowest BCUT2D eigenvalue weighted by Crippen LogP contribution is -2.52. The van der Waals surface area contributed by atoms with Crippen molar-refractivity contribution in [3.8, 4) is 0 Å². The van der Waals surface area contributed by atoms with Gasteiger partial charge in [-0.15, -0.1) is 0 Å². The van der Waals surface area contributed by atoms with Gasteiger partial charge in [-0.1, -0.05) is 66.0 Å². The molecule has 0 bridgehead atoms. The Labute approximate surface area is 177 Å². The Morgan fingerprint density at radius 2 is 1.93 bits per heavy atom. The number of hydrogen-bond donors (Lipinski definition) is 1. The van der Waals surface area contributed by atoms with Crippen LogP contribution in [0.15, 0.2) is 23.5 Å². The van der Waals surface area contributed by atoms with Crippen LogP contribution >= 0.6 is 0 Å². The largest absolute Gasteiger partial charge is 0.431 e. The van der Waals surface area contributed by atoms with E-state index >= 15 is 0 Å². The van der Waals surface area contributed by atoms with Crippen molar-refractivity contribution in [1.82, 2.24) is 0 Å². The second-order valence-electron chi connectivity index (χ2n) is 11.3. The molecule has 1 fully saturated rings. The smallest absolute Gasteiger partial charge is 0.315 e. The molecule has 0 aromatic rings. The average Bonchev–Trinajstić information content (AvgIpc) is 3.00. The summed E-state index contributed by atoms with van der Waals surface area (Å²) >= 11 is 0. The lowest BCUT2D eigenvalue weighted by Gasteiger charge is -2.53. The molecule has 0 amide bonds. The van der Waals surface area contributed by atoms with E-state index in [1.54, 1.807) is 0 Å². The van der Waals surface area contributed by atoms with E-state index in [9.17, 15) is 9.90 Å². The number of aliphatic hydroxyl groups is 1. The highest BCUT2D eigenvalue weighted by atomic mass is 16.5. The SMILES string of the molecule is CC(C)CCC[C@@H](C)[C@H]1CC[C@H]2C3=C(CC[C@]12C)[C@]1(C)[C@H](CC=C[C@@H]1O)C(=O)O3. The van der Waals surface area contributed by atoms with Crippen LogP contribution in [0.4, 0.5) is 0 Å². The summed E-state index contributed by atoms with van der Waals surface area (Å²) in [6, 6.07) is 0. The van der Waals surface area contributed by atoms with E-state index in [-0.39, 0.29) is 17.3 Å². The molecule has 0 radical (unpaired) electrons. The summed E-state index contributed by atoms with van der Waals surface area (Å²) in [5.41, 5.74) is 0.978. The second-order valence-corrected chi connectivity index (χ2v) is 11.3. The first-order valence-corrected chi connectivity index (χ1v) is 12.0. The molecule has 7 atom stereocenters. The van der Waals surface area contributed by atoms with Crippen molar-refractivity contribution < 1.29 is 14.6 Å². The lowest BCUT2D eigenvalue weighted by atomic mass is 9.55. The standard InChI is InChI=1S/C26H40O3/c1-16(2)8-6-9-17(3)18-12-13-19-23-20(14-15-25(18,19)4)26(5)21(24(28)29-23)10-7-11-22(26)27/h7,11,16-19,21-22,27H,6,8-10,12-15H2,1-5H3/t17-,18-,19+,21-,22+,25-,26-/m1/s1. The number of carbonyl (C=O) groups excluding carboxylic acids is 1. The fourth-order valence-electron chi connectivity index (χ4n) is 7.34. The number of esters is 1. The minimum atomic E-state index is -0.587. The van der Waals surface area contributed by atoms with Gasteiger partial charge in [0.15, 0.2) is 0 Å². The Morgan fingerprint density at radius 1 is 1.17 bits per heavy atom. The summed E-state index contributed by atoms with van der Waals surface area (Å²) < 4.78 is 6.09. The predicted molar refractivity (Wildman–Crippen MR) is 116 cm³/mol. The molecule has 3 heteroatoms. The number of fused-ring (bicyclic) bond motifs is 4. The van der Waals surface area contributed by atoms with E-state index in [1.807, 2.05) is 12.2 Å². The van der Waals surface area contributed by atoms with E-state index in [0.29, 0.717) is 18.3 Å². The maximum atomic E-state index is 12.9. The van der Waals surface area contributed by atoms with Crippen molar-refractivity contribution >= 4 is 5.97 Å². The molecule has 1 saturated carbocycles. The van der Waals surface area contributed by atoms with Gasteiger partial charge in [-0.05, 0) is 60.8 Å². The molecule has 162 valence electrons. The van der Waals surface area contributed by atoms with Crippen LogP contribution in [0.25, 0.3) is 0 Å². The first-order valence-electron chi connectivity index (χ1n) is 12.0. The van der Waals surface area contributed by atoms with Crippen molar-refractivity contribution in [2.75, 3.05) is 0 Å². The van der Waals surface area contributed by atoms with Crippen molar-refractivity contribution in [3.63, 3.8) is 0 Å². The zero-order chi connectivity index (χ0) is 21.0. The molecule has 0 aromatic heterocycles. The van der Waals surface area contributed by atoms with E-state index in [4.69, 9.17) is 4.74 Å². The van der Waals surface area contributed by atoms with E-state index in [0.717, 1.165) is 36.9 Å². The molecule has 4 aliphatic rings. The van der Waals surface area contributed by atoms with Gasteiger partial charge in [-0.3, -0.25) is 4.79 Å². The first kappa shape index (κ1) is 21.2. The maximum Gasteiger partial charge on any atom is 0.315 e. The minimum Gasteiger partial charge on any atom is -0.431 e. The van der Waals surface area contributed by atoms with Crippen molar-refractivity contribution in [2.45, 2.75) is 92.1 Å². The summed E-state index contributed by atoms with van der Waals surface area (Å²) in [5.74, 6) is 3.14. The Morgan fingerprint density at radius 3 is 2.66 bits per heavy atom. The monoisotopic (exact) mass is 400 g/mol. The van der Waals surface area contributed by atoms with Crippen LogP contribution in [0, 0.1) is 40.4 Å². The third kappa shape index (κ3) is 3.23. The molecule has 29 heavy (non-hydrogen) atoms. The van der Waals surface area contributed by atoms with Crippen LogP contribution in [-0.4, -0.2) is 17.2 Å². The molecule has 0 saturated heterocycles. The quantitative estimate of drug-likeness (QED) is 0.453. The third-order valence-electron chi connectivity index (χ3n) is 9.24. The molecular formula is C26H40O3. The highest BCUT2D eigenvalue weighted by Gasteiger charge is 2.60. The Bertz CT molecular complexity index is 719. The van der Waals surface area contributed by atoms with Gasteiger partial charge < -0.3 is 9.84 Å². The van der Waals surface area contributed by atoms with Gasteiger partial charge in [0, 0.05) is 11.3 Å². The third-order valence-corrected chi connectivity index (χ3v) is 9.24. The number of carbonyl (C=O) groups is 1. The zero-order valence-corrected chi connectivity index (χ0v) is 19.0. The highest BCUT2D eigenvalue weighted by molar-refractivity contribution is 5.78. The van der Waals surface area contributed by atoms with Crippen LogP contribution in [0.1, 0.15) is 86.0 Å². The number of allylic oxidation sites excluding steroid dienone is 2. The maximum absolute atomic E-state index is 12.9. The highest BCUT2D eigenvalue weighted by Crippen LogP contribution is 2.64. The summed E-state index contributed by atoms with van der Waals surface area (Å²) in [7, 11) is 0. The van der Waals surface area contributed by atoms with Crippen LogP contribution < -0.4 is 0 Å². The molecule has 0 spiro atoms. The molecule has 0 aromatic carbocycles. The molecule has 3 nitrogen and oxygen atoms in total. The summed E-state index contributed by atoms with van der Waals surface area (Å²) in [4.78, 5) is 12.9. The first-order chi connectivity index (χ1) is 13.7. The topological polar surface area (TPSA) is 46.5 Å². The fraction of sp³-hybridized carbons (Fsp3) is 0.808. The average molecular weight is 401 g/mol. The van der Waals surface area contributed by atoms with Gasteiger partial charge >= 0.3 is 5.97 Å². The molecule has 0 unspecified atom stereocenters. The molecule has 1 N–H and O–H groups in total. The van der Waals surface area contributed by atoms with Gasteiger partial charge in [0.25, 0.3) is 0 Å². The van der Waals surface area contributed by atoms with Crippen LogP contribution in [0.5, 0.6) is 0 Å². The van der Waals surface area contributed by atoms with Crippen molar-refractivity contribution in [3.05, 3.63) is 23.5 Å². The molecule has 1 aliphatic heterocycles. The number of rotatable bonds is 5. The fourth-order valence-corrected chi connectivity index (χ4v) is 7.34. The molecule has 3 aliphatic carbocycles. The second kappa shape index (κ2) is 7.55. The predicted octanol–water partition coefficient (Wildman–Crippen LogP) is 6.03. The van der Waals surface area contributed by atoms with Crippen molar-refractivity contribution in [1.29, 1.82) is 0 Å². The summed E-state index contributed by atoms with van der Waals surface area (Å²) in [6.07, 6.45) is 12.3. The van der Waals surface area contributed by atoms with Gasteiger partial charge in [-0.25, -0.2) is 0 Å². The van der Waals surface area contributed by atoms with E-state index in [2.05, 4.69) is 34.6 Å². The van der Waals surface area contributed by atoms with Crippen LogP contribution in [0.2, 0.25) is 0 Å². The Kier molecular flexibility index (Phi) is 5.51. The Balaban J connectivity index is 1.60. The number of ether oxygens (including phenoxy) is 1. The van der Waals surface area contributed by atoms with Crippen LogP contribution in [-0.2, 0) is 9.53 Å². The minimum absolute atomic E-state index is 0.118. The molecule has 1 heterocycles. The molecule has 4 rings (SSSR count). The molecular weight excluding hydrogens is 360 g/mol. The zero-order valence-electron chi connectivity index (χ0n) is 19.0. The van der Waals surface area contributed by atoms with Crippen molar-refractivity contribution in [2.24, 2.45) is 40.4 Å².